The number of aryl methyl sites for hydroxylation is 2. The minimum Gasteiger partial charge on any atom is -0.476 e. The Morgan fingerprint density at radius 2 is 1.94 bits per heavy atom. The number of ether oxygens (including phenoxy) is 1. The molecule has 0 saturated carbocycles. The van der Waals surface area contributed by atoms with Gasteiger partial charge in [-0.2, -0.15) is 0 Å². The van der Waals surface area contributed by atoms with E-state index in [0.29, 0.717) is 18.0 Å². The Balaban J connectivity index is 1.68. The molecule has 1 atom stereocenters. The molecule has 31 heavy (non-hydrogen) atoms. The van der Waals surface area contributed by atoms with Crippen LogP contribution >= 0.6 is 0 Å². The van der Waals surface area contributed by atoms with E-state index in [9.17, 15) is 13.2 Å². The smallest absolute Gasteiger partial charge is 0.263 e. The Bertz CT molecular complexity index is 1060. The lowest BCUT2D eigenvalue weighted by Gasteiger charge is -2.35. The third kappa shape index (κ3) is 5.79. The molecule has 1 aliphatic rings. The Morgan fingerprint density at radius 3 is 2.58 bits per heavy atom. The van der Waals surface area contributed by atoms with Crippen LogP contribution in [0.5, 0.6) is 5.75 Å². The van der Waals surface area contributed by atoms with Crippen LogP contribution in [-0.4, -0.2) is 39.8 Å². The Morgan fingerprint density at radius 1 is 1.19 bits per heavy atom. The molecule has 0 unspecified atom stereocenters. The fourth-order valence-electron chi connectivity index (χ4n) is 3.65. The van der Waals surface area contributed by atoms with E-state index >= 15 is 0 Å². The first-order chi connectivity index (χ1) is 14.4. The van der Waals surface area contributed by atoms with Gasteiger partial charge in [-0.05, 0) is 48.4 Å². The molecule has 0 saturated heterocycles. The summed E-state index contributed by atoms with van der Waals surface area (Å²) in [6.07, 6.45) is 1.93. The van der Waals surface area contributed by atoms with Crippen LogP contribution in [0.25, 0.3) is 0 Å². The summed E-state index contributed by atoms with van der Waals surface area (Å²) in [6.45, 7) is 8.72. The maximum atomic E-state index is 12.7. The highest BCUT2D eigenvalue weighted by atomic mass is 32.2. The predicted molar refractivity (Wildman–Crippen MR) is 124 cm³/mol. The maximum Gasteiger partial charge on any atom is 0.263 e. The summed E-state index contributed by atoms with van der Waals surface area (Å²) < 4.78 is 32.1. The summed E-state index contributed by atoms with van der Waals surface area (Å²) in [5.41, 5.74) is 3.80. The van der Waals surface area contributed by atoms with E-state index < -0.39 is 16.1 Å². The van der Waals surface area contributed by atoms with Crippen molar-refractivity contribution in [3.63, 3.8) is 0 Å². The molecule has 0 aliphatic carbocycles. The highest BCUT2D eigenvalue weighted by molar-refractivity contribution is 7.92. The molecule has 0 fully saturated rings. The van der Waals surface area contributed by atoms with Crippen LogP contribution in [0.3, 0.4) is 0 Å². The van der Waals surface area contributed by atoms with Crippen LogP contribution in [-0.2, 0) is 26.7 Å². The van der Waals surface area contributed by atoms with Gasteiger partial charge >= 0.3 is 0 Å². The fourth-order valence-corrected chi connectivity index (χ4v) is 4.56. The van der Waals surface area contributed by atoms with Crippen molar-refractivity contribution in [1.82, 2.24) is 5.32 Å². The maximum absolute atomic E-state index is 12.7. The van der Waals surface area contributed by atoms with Gasteiger partial charge in [0.15, 0.2) is 6.10 Å². The van der Waals surface area contributed by atoms with E-state index in [4.69, 9.17) is 4.74 Å². The van der Waals surface area contributed by atoms with Crippen molar-refractivity contribution in [2.24, 2.45) is 0 Å². The Hall–Kier alpha value is -2.54. The van der Waals surface area contributed by atoms with Crippen molar-refractivity contribution in [3.05, 3.63) is 59.2 Å². The van der Waals surface area contributed by atoms with Gasteiger partial charge in [0.1, 0.15) is 5.75 Å². The predicted octanol–water partition coefficient (Wildman–Crippen LogP) is 3.57. The number of rotatable bonds is 6. The largest absolute Gasteiger partial charge is 0.476 e. The lowest BCUT2D eigenvalue weighted by atomic mass is 9.86. The van der Waals surface area contributed by atoms with Gasteiger partial charge in [-0.3, -0.25) is 9.10 Å². The number of sulfonamides is 1. The highest BCUT2D eigenvalue weighted by Gasteiger charge is 2.35. The van der Waals surface area contributed by atoms with Crippen LogP contribution in [0, 0.1) is 6.92 Å². The molecule has 6 nitrogen and oxygen atoms in total. The molecule has 1 N–H and O–H groups in total. The normalized spacial score (nSPS) is 16.4. The zero-order valence-electron chi connectivity index (χ0n) is 18.9. The molecular weight excluding hydrogens is 412 g/mol. The monoisotopic (exact) mass is 444 g/mol. The van der Waals surface area contributed by atoms with Crippen LogP contribution in [0.1, 0.15) is 43.9 Å². The van der Waals surface area contributed by atoms with Crippen molar-refractivity contribution >= 4 is 21.6 Å². The van der Waals surface area contributed by atoms with Crippen LogP contribution in [0.4, 0.5) is 5.69 Å². The molecule has 0 spiro atoms. The second kappa shape index (κ2) is 8.91. The lowest BCUT2D eigenvalue weighted by molar-refractivity contribution is -0.127. The third-order valence-electron chi connectivity index (χ3n) is 5.41. The van der Waals surface area contributed by atoms with E-state index in [1.54, 1.807) is 6.07 Å². The summed E-state index contributed by atoms with van der Waals surface area (Å²) in [7, 11) is -3.56. The van der Waals surface area contributed by atoms with Gasteiger partial charge in [0.05, 0.1) is 18.5 Å². The van der Waals surface area contributed by atoms with Gasteiger partial charge in [0.25, 0.3) is 5.91 Å². The first-order valence-corrected chi connectivity index (χ1v) is 12.4. The van der Waals surface area contributed by atoms with Crippen LogP contribution in [0.2, 0.25) is 0 Å². The Labute approximate surface area is 185 Å². The fraction of sp³-hybridized carbons (Fsp3) is 0.458. The second-order valence-corrected chi connectivity index (χ2v) is 11.1. The minimum absolute atomic E-state index is 0.0385. The van der Waals surface area contributed by atoms with E-state index in [2.05, 4.69) is 51.2 Å². The van der Waals surface area contributed by atoms with Gasteiger partial charge in [-0.25, -0.2) is 8.42 Å². The van der Waals surface area contributed by atoms with Crippen molar-refractivity contribution in [2.75, 3.05) is 23.7 Å². The first-order valence-electron chi connectivity index (χ1n) is 10.6. The number of anilines is 1. The second-order valence-electron chi connectivity index (χ2n) is 9.22. The number of hydrogen-bond donors (Lipinski definition) is 1. The molecule has 168 valence electrons. The number of carbonyl (C=O) groups is 1. The third-order valence-corrected chi connectivity index (χ3v) is 6.56. The van der Waals surface area contributed by atoms with Crippen molar-refractivity contribution in [2.45, 2.75) is 52.1 Å². The van der Waals surface area contributed by atoms with Crippen molar-refractivity contribution < 1.29 is 17.9 Å². The van der Waals surface area contributed by atoms with Gasteiger partial charge in [0, 0.05) is 6.54 Å². The van der Waals surface area contributed by atoms with Gasteiger partial charge in [-0.1, -0.05) is 56.7 Å². The zero-order valence-corrected chi connectivity index (χ0v) is 19.8. The number of nitrogens with zero attached hydrogens (tertiary/aromatic N) is 1. The summed E-state index contributed by atoms with van der Waals surface area (Å²) >= 11 is 0. The lowest BCUT2D eigenvalue weighted by Crippen LogP contribution is -2.50. The average molecular weight is 445 g/mol. The molecule has 1 heterocycles. The molecule has 0 bridgehead atoms. The SMILES string of the molecule is Cc1cccc(CCCNC(=O)[C@H]2CN(S(C)(=O)=O)c3cc(C(C)(C)C)ccc3O2)c1. The van der Waals surface area contributed by atoms with Gasteiger partial charge in [-0.15, -0.1) is 0 Å². The number of carbonyl (C=O) groups excluding carboxylic acids is 1. The molecule has 2 aromatic carbocycles. The molecule has 7 heteroatoms. The summed E-state index contributed by atoms with van der Waals surface area (Å²) in [5.74, 6) is 0.105. The Kier molecular flexibility index (Phi) is 6.65. The topological polar surface area (TPSA) is 75.7 Å². The summed E-state index contributed by atoms with van der Waals surface area (Å²) in [6, 6.07) is 13.8. The standard InChI is InChI=1S/C24H32N2O4S/c1-17-8-6-9-18(14-17)10-7-13-25-23(27)22-16-26(31(5,28)29)20-15-19(24(2,3)4)11-12-21(20)30-22/h6,8-9,11-12,14-15,22H,7,10,13,16H2,1-5H3,(H,25,27)/t22-/m1/s1. The van der Waals surface area contributed by atoms with Crippen LogP contribution in [0.15, 0.2) is 42.5 Å². The molecule has 3 rings (SSSR count). The minimum atomic E-state index is -3.56. The number of benzene rings is 2. The molecular formula is C24H32N2O4S. The van der Waals surface area contributed by atoms with E-state index in [0.717, 1.165) is 24.7 Å². The van der Waals surface area contributed by atoms with Crippen molar-refractivity contribution in [3.8, 4) is 5.75 Å². The number of hydrogen-bond acceptors (Lipinski definition) is 4. The molecule has 0 radical (unpaired) electrons. The quantitative estimate of drug-likeness (QED) is 0.691. The first kappa shape index (κ1) is 23.1. The molecule has 2 aromatic rings. The summed E-state index contributed by atoms with van der Waals surface area (Å²) in [4.78, 5) is 12.7. The van der Waals surface area contributed by atoms with E-state index in [1.165, 1.54) is 15.4 Å². The average Bonchev–Trinajstić information content (AvgIpc) is 2.68. The van der Waals surface area contributed by atoms with E-state index in [-0.39, 0.29) is 17.9 Å². The molecule has 1 amide bonds. The zero-order chi connectivity index (χ0) is 22.8. The van der Waals surface area contributed by atoms with Crippen LogP contribution < -0.4 is 14.4 Å². The van der Waals surface area contributed by atoms with Gasteiger partial charge < -0.3 is 10.1 Å². The number of fused-ring (bicyclic) bond motifs is 1. The number of amides is 1. The highest BCUT2D eigenvalue weighted by Crippen LogP contribution is 2.38. The van der Waals surface area contributed by atoms with E-state index in [1.807, 2.05) is 18.2 Å². The molecule has 0 aromatic heterocycles. The van der Waals surface area contributed by atoms with Crippen molar-refractivity contribution in [1.29, 1.82) is 0 Å². The molecule has 1 aliphatic heterocycles. The van der Waals surface area contributed by atoms with Gasteiger partial charge in [0.2, 0.25) is 10.0 Å². The number of nitrogens with one attached hydrogen (secondary N) is 1. The summed E-state index contributed by atoms with van der Waals surface area (Å²) in [5, 5.41) is 2.89.